The molecular weight excluding hydrogens is 385 g/mol. The van der Waals surface area contributed by atoms with Crippen LogP contribution in [-0.4, -0.2) is 22.7 Å². The zero-order chi connectivity index (χ0) is 20.8. The number of nitrogens with one attached hydrogen (secondary N) is 1. The van der Waals surface area contributed by atoms with E-state index in [9.17, 15) is 9.18 Å². The maximum atomic E-state index is 12.9. The highest BCUT2D eigenvalue weighted by Crippen LogP contribution is 2.19. The molecule has 0 fully saturated rings. The molecule has 7 heteroatoms. The third-order valence-corrected chi connectivity index (χ3v) is 4.26. The van der Waals surface area contributed by atoms with Crippen LogP contribution in [0.1, 0.15) is 11.5 Å². The summed E-state index contributed by atoms with van der Waals surface area (Å²) < 4.78 is 23.9. The minimum Gasteiger partial charge on any atom is -0.484 e. The number of ether oxygens (including phenoxy) is 1. The third-order valence-electron chi connectivity index (χ3n) is 4.26. The number of hydrogen-bond acceptors (Lipinski definition) is 5. The van der Waals surface area contributed by atoms with Crippen LogP contribution in [0.2, 0.25) is 0 Å². The lowest BCUT2D eigenvalue weighted by Crippen LogP contribution is -2.20. The number of hydrogen-bond donors (Lipinski definition) is 1. The second kappa shape index (κ2) is 9.00. The van der Waals surface area contributed by atoms with Crippen LogP contribution in [0, 0.1) is 5.82 Å². The zero-order valence-electron chi connectivity index (χ0n) is 15.9. The summed E-state index contributed by atoms with van der Waals surface area (Å²) in [7, 11) is 0. The van der Waals surface area contributed by atoms with Crippen molar-refractivity contribution in [2.24, 2.45) is 0 Å². The molecule has 0 radical (unpaired) electrons. The Balaban J connectivity index is 1.30. The van der Waals surface area contributed by atoms with E-state index in [1.54, 1.807) is 12.1 Å². The van der Waals surface area contributed by atoms with E-state index in [2.05, 4.69) is 15.5 Å². The van der Waals surface area contributed by atoms with E-state index in [-0.39, 0.29) is 18.3 Å². The molecule has 3 aromatic carbocycles. The van der Waals surface area contributed by atoms with Gasteiger partial charge in [-0.3, -0.25) is 4.79 Å². The van der Waals surface area contributed by atoms with Crippen LogP contribution in [0.4, 0.5) is 10.1 Å². The molecule has 0 atom stereocenters. The first-order valence-electron chi connectivity index (χ1n) is 9.31. The van der Waals surface area contributed by atoms with E-state index < -0.39 is 0 Å². The molecule has 1 N–H and O–H groups in total. The van der Waals surface area contributed by atoms with Crippen molar-refractivity contribution in [1.82, 2.24) is 10.2 Å². The van der Waals surface area contributed by atoms with Gasteiger partial charge in [0.25, 0.3) is 5.91 Å². The summed E-state index contributed by atoms with van der Waals surface area (Å²) in [6.07, 6.45) is 0.488. The molecule has 0 aliphatic heterocycles. The Bertz CT molecular complexity index is 1110. The summed E-state index contributed by atoms with van der Waals surface area (Å²) in [5.74, 6) is 0.755. The van der Waals surface area contributed by atoms with Crippen molar-refractivity contribution in [3.63, 3.8) is 0 Å². The molecule has 0 unspecified atom stereocenters. The van der Waals surface area contributed by atoms with Gasteiger partial charge in [-0.25, -0.2) is 4.39 Å². The Morgan fingerprint density at radius 2 is 1.67 bits per heavy atom. The molecule has 0 aliphatic carbocycles. The number of benzene rings is 3. The molecule has 6 nitrogen and oxygen atoms in total. The lowest BCUT2D eigenvalue weighted by Gasteiger charge is -2.08. The highest BCUT2D eigenvalue weighted by Gasteiger charge is 2.09. The molecule has 4 aromatic rings. The Labute approximate surface area is 172 Å². The summed E-state index contributed by atoms with van der Waals surface area (Å²) >= 11 is 0. The molecule has 30 heavy (non-hydrogen) atoms. The smallest absolute Gasteiger partial charge is 0.262 e. The van der Waals surface area contributed by atoms with E-state index in [1.807, 2.05) is 42.5 Å². The van der Waals surface area contributed by atoms with Gasteiger partial charge in [0.05, 0.1) is 6.42 Å². The fourth-order valence-corrected chi connectivity index (χ4v) is 2.78. The minimum atomic E-state index is -0.358. The van der Waals surface area contributed by atoms with Gasteiger partial charge in [-0.1, -0.05) is 30.3 Å². The predicted octanol–water partition coefficient (Wildman–Crippen LogP) is 4.48. The van der Waals surface area contributed by atoms with Crippen molar-refractivity contribution < 1.29 is 18.3 Å². The fraction of sp³-hybridized carbons (Fsp3) is 0.0870. The zero-order valence-corrected chi connectivity index (χ0v) is 15.9. The Morgan fingerprint density at radius 1 is 0.933 bits per heavy atom. The van der Waals surface area contributed by atoms with Crippen LogP contribution >= 0.6 is 0 Å². The molecular formula is C23H18FN3O3. The first-order chi connectivity index (χ1) is 14.7. The van der Waals surface area contributed by atoms with Crippen LogP contribution in [-0.2, 0) is 11.2 Å². The SMILES string of the molecule is O=C(COc1ccc(F)cc1)Nc1ccc(Cc2nnc(-c3ccccc3)o2)cc1. The van der Waals surface area contributed by atoms with E-state index in [0.717, 1.165) is 11.1 Å². The first-order valence-corrected chi connectivity index (χ1v) is 9.31. The van der Waals surface area contributed by atoms with Crippen molar-refractivity contribution in [3.05, 3.63) is 96.1 Å². The second-order valence-corrected chi connectivity index (χ2v) is 6.53. The van der Waals surface area contributed by atoms with Gasteiger partial charge in [0.2, 0.25) is 11.8 Å². The number of carbonyl (C=O) groups excluding carboxylic acids is 1. The summed E-state index contributed by atoms with van der Waals surface area (Å²) in [5, 5.41) is 10.9. The third kappa shape index (κ3) is 5.08. The van der Waals surface area contributed by atoms with E-state index in [4.69, 9.17) is 9.15 Å². The summed E-state index contributed by atoms with van der Waals surface area (Å²) in [6.45, 7) is -0.169. The van der Waals surface area contributed by atoms with Crippen molar-refractivity contribution >= 4 is 11.6 Å². The Hall–Kier alpha value is -4.00. The molecule has 1 amide bonds. The van der Waals surface area contributed by atoms with Crippen molar-refractivity contribution in [2.75, 3.05) is 11.9 Å². The van der Waals surface area contributed by atoms with Gasteiger partial charge in [0.1, 0.15) is 11.6 Å². The maximum absolute atomic E-state index is 12.9. The molecule has 150 valence electrons. The molecule has 1 aromatic heterocycles. The van der Waals surface area contributed by atoms with E-state index in [1.165, 1.54) is 24.3 Å². The molecule has 0 spiro atoms. The average molecular weight is 403 g/mol. The normalized spacial score (nSPS) is 10.6. The van der Waals surface area contributed by atoms with Crippen molar-refractivity contribution in [3.8, 4) is 17.2 Å². The molecule has 1 heterocycles. The van der Waals surface area contributed by atoms with E-state index in [0.29, 0.717) is 29.6 Å². The van der Waals surface area contributed by atoms with Crippen molar-refractivity contribution in [2.45, 2.75) is 6.42 Å². The lowest BCUT2D eigenvalue weighted by molar-refractivity contribution is -0.118. The van der Waals surface area contributed by atoms with Gasteiger partial charge >= 0.3 is 0 Å². The Morgan fingerprint density at radius 3 is 2.40 bits per heavy atom. The van der Waals surface area contributed by atoms with Crippen LogP contribution in [0.5, 0.6) is 5.75 Å². The molecule has 0 saturated heterocycles. The van der Waals surface area contributed by atoms with Gasteiger partial charge in [0, 0.05) is 11.3 Å². The number of aromatic nitrogens is 2. The van der Waals surface area contributed by atoms with Gasteiger partial charge in [-0.05, 0) is 54.1 Å². The van der Waals surface area contributed by atoms with Crippen molar-refractivity contribution in [1.29, 1.82) is 0 Å². The predicted molar refractivity (Wildman–Crippen MR) is 110 cm³/mol. The number of amides is 1. The standard InChI is InChI=1S/C23H18FN3O3/c24-18-8-12-20(13-9-18)29-15-21(28)25-19-10-6-16(7-11-19)14-22-26-27-23(30-22)17-4-2-1-3-5-17/h1-13H,14-15H2,(H,25,28). The van der Waals surface area contributed by atoms with Crippen LogP contribution < -0.4 is 10.1 Å². The minimum absolute atomic E-state index is 0.169. The first kappa shape index (κ1) is 19.3. The number of nitrogens with zero attached hydrogens (tertiary/aromatic N) is 2. The topological polar surface area (TPSA) is 77.2 Å². The quantitative estimate of drug-likeness (QED) is 0.492. The highest BCUT2D eigenvalue weighted by atomic mass is 19.1. The highest BCUT2D eigenvalue weighted by molar-refractivity contribution is 5.91. The number of anilines is 1. The molecule has 4 rings (SSSR count). The summed E-state index contributed by atoms with van der Waals surface area (Å²) in [5.41, 5.74) is 2.48. The average Bonchev–Trinajstić information content (AvgIpc) is 3.24. The number of carbonyl (C=O) groups is 1. The van der Waals surface area contributed by atoms with Gasteiger partial charge in [-0.2, -0.15) is 0 Å². The largest absolute Gasteiger partial charge is 0.484 e. The van der Waals surface area contributed by atoms with E-state index >= 15 is 0 Å². The maximum Gasteiger partial charge on any atom is 0.262 e. The molecule has 0 aliphatic rings. The lowest BCUT2D eigenvalue weighted by atomic mass is 10.1. The van der Waals surface area contributed by atoms with Crippen LogP contribution in [0.15, 0.2) is 83.3 Å². The fourth-order valence-electron chi connectivity index (χ4n) is 2.78. The summed E-state index contributed by atoms with van der Waals surface area (Å²) in [6, 6.07) is 22.4. The monoisotopic (exact) mass is 403 g/mol. The van der Waals surface area contributed by atoms with Gasteiger partial charge in [-0.15, -0.1) is 10.2 Å². The number of halogens is 1. The second-order valence-electron chi connectivity index (χ2n) is 6.53. The number of rotatable bonds is 7. The van der Waals surface area contributed by atoms with Gasteiger partial charge < -0.3 is 14.5 Å². The molecule has 0 saturated carbocycles. The molecule has 0 bridgehead atoms. The Kier molecular flexibility index (Phi) is 5.80. The van der Waals surface area contributed by atoms with Crippen LogP contribution in [0.25, 0.3) is 11.5 Å². The van der Waals surface area contributed by atoms with Gasteiger partial charge in [0.15, 0.2) is 6.61 Å². The van der Waals surface area contributed by atoms with Crippen LogP contribution in [0.3, 0.4) is 0 Å². The summed E-state index contributed by atoms with van der Waals surface area (Å²) in [4.78, 5) is 12.0.